The van der Waals surface area contributed by atoms with E-state index in [4.69, 9.17) is 4.74 Å². The van der Waals surface area contributed by atoms with Gasteiger partial charge in [0, 0.05) is 16.6 Å². The van der Waals surface area contributed by atoms with Crippen LogP contribution in [0.2, 0.25) is 0 Å². The minimum absolute atomic E-state index is 0.111. The van der Waals surface area contributed by atoms with Gasteiger partial charge in [0.2, 0.25) is 0 Å². The fourth-order valence-electron chi connectivity index (χ4n) is 2.85. The van der Waals surface area contributed by atoms with E-state index in [0.29, 0.717) is 10.6 Å². The molecular weight excluding hydrogens is 379 g/mol. The summed E-state index contributed by atoms with van der Waals surface area (Å²) >= 11 is 1.24. The van der Waals surface area contributed by atoms with E-state index in [0.717, 1.165) is 22.4 Å². The lowest BCUT2D eigenvalue weighted by Gasteiger charge is -2.12. The first-order valence-electron chi connectivity index (χ1n) is 8.60. The van der Waals surface area contributed by atoms with Gasteiger partial charge >= 0.3 is 5.97 Å². The number of halogens is 1. The molecule has 144 valence electrons. The van der Waals surface area contributed by atoms with E-state index in [2.05, 4.69) is 10.3 Å². The van der Waals surface area contributed by atoms with E-state index in [-0.39, 0.29) is 11.5 Å². The highest BCUT2D eigenvalue weighted by atomic mass is 32.1. The Kier molecular flexibility index (Phi) is 5.84. The first-order chi connectivity index (χ1) is 13.3. The monoisotopic (exact) mass is 398 g/mol. The van der Waals surface area contributed by atoms with Crippen LogP contribution in [0.1, 0.15) is 27.2 Å². The zero-order valence-corrected chi connectivity index (χ0v) is 16.5. The smallest absolute Gasteiger partial charge is 0.358 e. The predicted molar refractivity (Wildman–Crippen MR) is 107 cm³/mol. The van der Waals surface area contributed by atoms with Crippen molar-refractivity contribution in [2.45, 2.75) is 20.8 Å². The Bertz CT molecular complexity index is 1010. The molecule has 3 aromatic rings. The molecule has 0 aliphatic rings. The number of hydrogen-bond donors (Lipinski definition) is 1. The van der Waals surface area contributed by atoms with E-state index in [1.165, 1.54) is 23.5 Å². The first-order valence-corrected chi connectivity index (χ1v) is 9.48. The molecule has 0 atom stereocenters. The Morgan fingerprint density at radius 3 is 2.39 bits per heavy atom. The lowest BCUT2D eigenvalue weighted by molar-refractivity contribution is -0.119. The Morgan fingerprint density at radius 2 is 1.75 bits per heavy atom. The number of amides is 1. The highest BCUT2D eigenvalue weighted by molar-refractivity contribution is 7.13. The third-order valence-electron chi connectivity index (χ3n) is 4.08. The second-order valence-corrected chi connectivity index (χ2v) is 7.30. The van der Waals surface area contributed by atoms with Gasteiger partial charge in [-0.2, -0.15) is 0 Å². The number of nitrogens with zero attached hydrogens (tertiary/aromatic N) is 1. The molecule has 1 aromatic heterocycles. The third kappa shape index (κ3) is 4.61. The quantitative estimate of drug-likeness (QED) is 0.634. The summed E-state index contributed by atoms with van der Waals surface area (Å²) in [6.07, 6.45) is 0. The molecule has 28 heavy (non-hydrogen) atoms. The number of ether oxygens (including phenoxy) is 1. The Morgan fingerprint density at radius 1 is 1.11 bits per heavy atom. The van der Waals surface area contributed by atoms with E-state index < -0.39 is 18.5 Å². The number of rotatable bonds is 5. The van der Waals surface area contributed by atoms with Gasteiger partial charge in [0.25, 0.3) is 5.91 Å². The van der Waals surface area contributed by atoms with Crippen LogP contribution in [-0.2, 0) is 9.53 Å². The van der Waals surface area contributed by atoms with Crippen molar-refractivity contribution in [1.29, 1.82) is 0 Å². The molecule has 1 N–H and O–H groups in total. The number of aromatic nitrogens is 1. The van der Waals surface area contributed by atoms with Gasteiger partial charge in [-0.25, -0.2) is 14.2 Å². The highest BCUT2D eigenvalue weighted by Crippen LogP contribution is 2.24. The molecule has 0 aliphatic heterocycles. The summed E-state index contributed by atoms with van der Waals surface area (Å²) in [6.45, 7) is 5.40. The van der Waals surface area contributed by atoms with Crippen molar-refractivity contribution in [3.63, 3.8) is 0 Å². The SMILES string of the molecule is Cc1cc(C)c(NC(=O)COC(=O)c2csc(-c3ccc(F)cc3)n2)c(C)c1. The Labute approximate surface area is 166 Å². The summed E-state index contributed by atoms with van der Waals surface area (Å²) in [7, 11) is 0. The van der Waals surface area contributed by atoms with Crippen LogP contribution in [0, 0.1) is 26.6 Å². The molecule has 0 bridgehead atoms. The molecule has 5 nitrogen and oxygen atoms in total. The standard InChI is InChI=1S/C21H19FN2O3S/c1-12-8-13(2)19(14(3)9-12)24-18(25)10-27-21(26)17-11-28-20(23-17)15-4-6-16(22)7-5-15/h4-9,11H,10H2,1-3H3,(H,24,25). The molecule has 0 aliphatic carbocycles. The fourth-order valence-corrected chi connectivity index (χ4v) is 3.65. The Balaban J connectivity index is 1.60. The minimum atomic E-state index is -0.683. The van der Waals surface area contributed by atoms with E-state index in [1.54, 1.807) is 17.5 Å². The lowest BCUT2D eigenvalue weighted by atomic mass is 10.1. The van der Waals surface area contributed by atoms with Gasteiger partial charge in [-0.3, -0.25) is 4.79 Å². The van der Waals surface area contributed by atoms with E-state index >= 15 is 0 Å². The second-order valence-electron chi connectivity index (χ2n) is 6.44. The number of esters is 1. The summed E-state index contributed by atoms with van der Waals surface area (Å²) in [4.78, 5) is 28.5. The minimum Gasteiger partial charge on any atom is -0.451 e. The maximum atomic E-state index is 13.0. The van der Waals surface area contributed by atoms with Crippen LogP contribution >= 0.6 is 11.3 Å². The average molecular weight is 398 g/mol. The maximum Gasteiger partial charge on any atom is 0.358 e. The molecular formula is C21H19FN2O3S. The summed E-state index contributed by atoms with van der Waals surface area (Å²) in [6, 6.07) is 9.77. The second kappa shape index (κ2) is 8.31. The predicted octanol–water partition coefficient (Wildman–Crippen LogP) is 4.67. The lowest BCUT2D eigenvalue weighted by Crippen LogP contribution is -2.22. The van der Waals surface area contributed by atoms with Crippen molar-refractivity contribution in [2.24, 2.45) is 0 Å². The molecule has 0 unspecified atom stereocenters. The molecule has 3 rings (SSSR count). The normalized spacial score (nSPS) is 10.6. The third-order valence-corrected chi connectivity index (χ3v) is 4.97. The molecule has 7 heteroatoms. The molecule has 0 radical (unpaired) electrons. The van der Waals surface area contributed by atoms with Gasteiger partial charge in [0.05, 0.1) is 0 Å². The van der Waals surface area contributed by atoms with Gasteiger partial charge in [-0.1, -0.05) is 17.7 Å². The van der Waals surface area contributed by atoms with Crippen molar-refractivity contribution < 1.29 is 18.7 Å². The fraction of sp³-hybridized carbons (Fsp3) is 0.190. The highest BCUT2D eigenvalue weighted by Gasteiger charge is 2.16. The van der Waals surface area contributed by atoms with Gasteiger partial charge < -0.3 is 10.1 Å². The maximum absolute atomic E-state index is 13.0. The number of carbonyl (C=O) groups is 2. The number of aryl methyl sites for hydroxylation is 3. The molecule has 0 fully saturated rings. The van der Waals surface area contributed by atoms with Gasteiger partial charge in [-0.05, 0) is 56.2 Å². The van der Waals surface area contributed by atoms with E-state index in [9.17, 15) is 14.0 Å². The largest absolute Gasteiger partial charge is 0.451 e. The van der Waals surface area contributed by atoms with Crippen molar-refractivity contribution in [3.8, 4) is 10.6 Å². The molecule has 0 saturated carbocycles. The van der Waals surface area contributed by atoms with Crippen molar-refractivity contribution >= 4 is 28.9 Å². The summed E-state index contributed by atoms with van der Waals surface area (Å²) in [5.74, 6) is -1.44. The first kappa shape index (κ1) is 19.7. The molecule has 0 saturated heterocycles. The number of benzene rings is 2. The number of anilines is 1. The van der Waals surface area contributed by atoms with Crippen molar-refractivity contribution in [2.75, 3.05) is 11.9 Å². The molecule has 2 aromatic carbocycles. The van der Waals surface area contributed by atoms with Gasteiger partial charge in [0.1, 0.15) is 10.8 Å². The van der Waals surface area contributed by atoms with Crippen LogP contribution in [0.4, 0.5) is 10.1 Å². The van der Waals surface area contributed by atoms with E-state index in [1.807, 2.05) is 32.9 Å². The van der Waals surface area contributed by atoms with Crippen LogP contribution < -0.4 is 5.32 Å². The van der Waals surface area contributed by atoms with Gasteiger partial charge in [-0.15, -0.1) is 11.3 Å². The van der Waals surface area contributed by atoms with Crippen LogP contribution in [0.5, 0.6) is 0 Å². The average Bonchev–Trinajstić information content (AvgIpc) is 3.13. The van der Waals surface area contributed by atoms with Crippen molar-refractivity contribution in [1.82, 2.24) is 4.98 Å². The number of nitrogens with one attached hydrogen (secondary N) is 1. The number of thiazole rings is 1. The summed E-state index contributed by atoms with van der Waals surface area (Å²) in [5.41, 5.74) is 4.54. The molecule has 1 heterocycles. The topological polar surface area (TPSA) is 68.3 Å². The van der Waals surface area contributed by atoms with Crippen LogP contribution in [0.15, 0.2) is 41.8 Å². The number of hydrogen-bond acceptors (Lipinski definition) is 5. The summed E-state index contributed by atoms with van der Waals surface area (Å²) in [5, 5.41) is 4.90. The number of carbonyl (C=O) groups excluding carboxylic acids is 2. The zero-order chi connectivity index (χ0) is 20.3. The zero-order valence-electron chi connectivity index (χ0n) is 15.7. The molecule has 0 spiro atoms. The van der Waals surface area contributed by atoms with Crippen LogP contribution in [0.3, 0.4) is 0 Å². The van der Waals surface area contributed by atoms with Crippen LogP contribution in [-0.4, -0.2) is 23.5 Å². The Hall–Kier alpha value is -3.06. The van der Waals surface area contributed by atoms with Gasteiger partial charge in [0.15, 0.2) is 12.3 Å². The van der Waals surface area contributed by atoms with Crippen molar-refractivity contribution in [3.05, 3.63) is 70.0 Å². The summed E-state index contributed by atoms with van der Waals surface area (Å²) < 4.78 is 18.1. The molecule has 1 amide bonds. The van der Waals surface area contributed by atoms with Crippen LogP contribution in [0.25, 0.3) is 10.6 Å².